The molecule has 2 unspecified atom stereocenters. The molecule has 0 aromatic heterocycles. The van der Waals surface area contributed by atoms with Crippen molar-refractivity contribution in [2.24, 2.45) is 0 Å². The second-order valence-electron chi connectivity index (χ2n) is 4.99. The number of amides is 1. The van der Waals surface area contributed by atoms with Crippen LogP contribution in [0.4, 0.5) is 0 Å². The van der Waals surface area contributed by atoms with Crippen molar-refractivity contribution in [2.45, 2.75) is 43.5 Å². The Morgan fingerprint density at radius 3 is 2.56 bits per heavy atom. The van der Waals surface area contributed by atoms with Crippen LogP contribution < -0.4 is 0 Å². The van der Waals surface area contributed by atoms with Crippen LogP contribution in [0.2, 0.25) is 0 Å². The molecule has 0 bridgehead atoms. The molecule has 0 aromatic carbocycles. The van der Waals surface area contributed by atoms with E-state index in [4.69, 9.17) is 0 Å². The first kappa shape index (κ1) is 12.4. The van der Waals surface area contributed by atoms with Crippen LogP contribution in [0.1, 0.15) is 32.6 Å². The van der Waals surface area contributed by atoms with Crippen molar-refractivity contribution >= 4 is 21.8 Å². The number of carbonyl (C=O) groups is 1. The minimum atomic E-state index is 0.0704. The molecule has 2 fully saturated rings. The molecule has 4 heteroatoms. The maximum Gasteiger partial charge on any atom is 0.236 e. The second-order valence-corrected chi connectivity index (χ2v) is 6.09. The van der Waals surface area contributed by atoms with Crippen molar-refractivity contribution < 1.29 is 4.79 Å². The second kappa shape index (κ2) is 5.50. The van der Waals surface area contributed by atoms with E-state index in [1.54, 1.807) is 0 Å². The standard InChI is InChI=1S/C12H21BrN2O/c1-10(14-6-3-2-4-7-14)9-15-8-5-11(13)12(15)16/h10-11H,2-9H2,1H3. The fourth-order valence-electron chi connectivity index (χ4n) is 2.68. The third-order valence-corrected chi connectivity index (χ3v) is 4.58. The number of hydrogen-bond acceptors (Lipinski definition) is 2. The summed E-state index contributed by atoms with van der Waals surface area (Å²) in [6.07, 6.45) is 4.97. The van der Waals surface area contributed by atoms with Crippen LogP contribution in [0, 0.1) is 0 Å². The molecule has 0 saturated carbocycles. The van der Waals surface area contributed by atoms with Gasteiger partial charge in [0, 0.05) is 19.1 Å². The summed E-state index contributed by atoms with van der Waals surface area (Å²) in [5, 5.41) is 0. The number of carbonyl (C=O) groups excluding carboxylic acids is 1. The highest BCUT2D eigenvalue weighted by Crippen LogP contribution is 2.20. The predicted octanol–water partition coefficient (Wildman–Crippen LogP) is 1.86. The number of piperidine rings is 1. The van der Waals surface area contributed by atoms with Gasteiger partial charge in [-0.1, -0.05) is 22.4 Å². The van der Waals surface area contributed by atoms with E-state index in [0.29, 0.717) is 6.04 Å². The number of rotatable bonds is 3. The van der Waals surface area contributed by atoms with E-state index in [1.807, 2.05) is 4.90 Å². The van der Waals surface area contributed by atoms with Gasteiger partial charge in [-0.15, -0.1) is 0 Å². The lowest BCUT2D eigenvalue weighted by Gasteiger charge is -2.34. The molecule has 2 saturated heterocycles. The molecule has 3 nitrogen and oxygen atoms in total. The summed E-state index contributed by atoms with van der Waals surface area (Å²) in [7, 11) is 0. The summed E-state index contributed by atoms with van der Waals surface area (Å²) < 4.78 is 0. The Balaban J connectivity index is 1.82. The van der Waals surface area contributed by atoms with Gasteiger partial charge in [-0.25, -0.2) is 0 Å². The van der Waals surface area contributed by atoms with Crippen LogP contribution in [0.15, 0.2) is 0 Å². The Hall–Kier alpha value is -0.0900. The molecule has 2 aliphatic heterocycles. The van der Waals surface area contributed by atoms with Gasteiger partial charge in [0.25, 0.3) is 0 Å². The molecule has 0 N–H and O–H groups in total. The molecule has 2 atom stereocenters. The van der Waals surface area contributed by atoms with E-state index < -0.39 is 0 Å². The van der Waals surface area contributed by atoms with Crippen LogP contribution in [-0.2, 0) is 4.79 Å². The van der Waals surface area contributed by atoms with Gasteiger partial charge >= 0.3 is 0 Å². The molecule has 2 rings (SSSR count). The SMILES string of the molecule is CC(CN1CCC(Br)C1=O)N1CCCCC1. The van der Waals surface area contributed by atoms with E-state index in [9.17, 15) is 4.79 Å². The third-order valence-electron chi connectivity index (χ3n) is 3.73. The van der Waals surface area contributed by atoms with E-state index in [-0.39, 0.29) is 10.7 Å². The molecule has 2 aliphatic rings. The fourth-order valence-corrected chi connectivity index (χ4v) is 3.17. The zero-order chi connectivity index (χ0) is 11.5. The lowest BCUT2D eigenvalue weighted by Crippen LogP contribution is -2.45. The van der Waals surface area contributed by atoms with Crippen molar-refractivity contribution in [1.82, 2.24) is 9.80 Å². The Morgan fingerprint density at radius 2 is 2.00 bits per heavy atom. The molecular weight excluding hydrogens is 268 g/mol. The highest BCUT2D eigenvalue weighted by molar-refractivity contribution is 9.10. The maximum absolute atomic E-state index is 11.8. The van der Waals surface area contributed by atoms with Gasteiger partial charge in [0.05, 0.1) is 4.83 Å². The van der Waals surface area contributed by atoms with Crippen LogP contribution in [-0.4, -0.2) is 52.8 Å². The topological polar surface area (TPSA) is 23.6 Å². The summed E-state index contributed by atoms with van der Waals surface area (Å²) in [5.41, 5.74) is 0. The molecular formula is C12H21BrN2O. The zero-order valence-corrected chi connectivity index (χ0v) is 11.6. The van der Waals surface area contributed by atoms with Gasteiger partial charge in [0.2, 0.25) is 5.91 Å². The largest absolute Gasteiger partial charge is 0.340 e. The lowest BCUT2D eigenvalue weighted by atomic mass is 10.1. The lowest BCUT2D eigenvalue weighted by molar-refractivity contribution is -0.127. The van der Waals surface area contributed by atoms with Crippen molar-refractivity contribution in [3.8, 4) is 0 Å². The fraction of sp³-hybridized carbons (Fsp3) is 0.917. The van der Waals surface area contributed by atoms with E-state index in [1.165, 1.54) is 32.4 Å². The summed E-state index contributed by atoms with van der Waals surface area (Å²) >= 11 is 3.43. The van der Waals surface area contributed by atoms with Crippen LogP contribution in [0.3, 0.4) is 0 Å². The minimum Gasteiger partial charge on any atom is -0.340 e. The van der Waals surface area contributed by atoms with Gasteiger partial charge < -0.3 is 4.90 Å². The molecule has 0 aromatic rings. The van der Waals surface area contributed by atoms with E-state index in [2.05, 4.69) is 27.8 Å². The predicted molar refractivity (Wildman–Crippen MR) is 68.8 cm³/mol. The minimum absolute atomic E-state index is 0.0704. The molecule has 16 heavy (non-hydrogen) atoms. The Kier molecular flexibility index (Phi) is 4.25. The normalized spacial score (nSPS) is 29.8. The highest BCUT2D eigenvalue weighted by Gasteiger charge is 2.31. The number of halogens is 1. The summed E-state index contributed by atoms with van der Waals surface area (Å²) in [6, 6.07) is 0.516. The average molecular weight is 289 g/mol. The summed E-state index contributed by atoms with van der Waals surface area (Å²) in [4.78, 5) is 16.4. The summed E-state index contributed by atoms with van der Waals surface area (Å²) in [5.74, 6) is 0.281. The average Bonchev–Trinajstić information content (AvgIpc) is 2.62. The molecule has 0 radical (unpaired) electrons. The first-order chi connectivity index (χ1) is 7.68. The van der Waals surface area contributed by atoms with Gasteiger partial charge in [0.15, 0.2) is 0 Å². The Labute approximate surface area is 106 Å². The zero-order valence-electron chi connectivity index (χ0n) is 9.99. The van der Waals surface area contributed by atoms with Crippen molar-refractivity contribution in [1.29, 1.82) is 0 Å². The van der Waals surface area contributed by atoms with Crippen LogP contribution in [0.5, 0.6) is 0 Å². The number of hydrogen-bond donors (Lipinski definition) is 0. The molecule has 0 spiro atoms. The molecule has 1 amide bonds. The maximum atomic E-state index is 11.8. The smallest absolute Gasteiger partial charge is 0.236 e. The Bertz CT molecular complexity index is 253. The van der Waals surface area contributed by atoms with Crippen molar-refractivity contribution in [3.63, 3.8) is 0 Å². The monoisotopic (exact) mass is 288 g/mol. The van der Waals surface area contributed by atoms with Crippen molar-refractivity contribution in [2.75, 3.05) is 26.2 Å². The number of nitrogens with zero attached hydrogens (tertiary/aromatic N) is 2. The number of alkyl halides is 1. The van der Waals surface area contributed by atoms with Crippen molar-refractivity contribution in [3.05, 3.63) is 0 Å². The molecule has 0 aliphatic carbocycles. The molecule has 92 valence electrons. The van der Waals surface area contributed by atoms with E-state index in [0.717, 1.165) is 19.5 Å². The number of likely N-dealkylation sites (tertiary alicyclic amines) is 2. The third kappa shape index (κ3) is 2.77. The van der Waals surface area contributed by atoms with Crippen LogP contribution >= 0.6 is 15.9 Å². The quantitative estimate of drug-likeness (QED) is 0.740. The summed E-state index contributed by atoms with van der Waals surface area (Å²) in [6.45, 7) is 6.50. The van der Waals surface area contributed by atoms with E-state index >= 15 is 0 Å². The Morgan fingerprint density at radius 1 is 1.31 bits per heavy atom. The van der Waals surface area contributed by atoms with Gasteiger partial charge in [-0.05, 0) is 39.3 Å². The molecule has 2 heterocycles. The van der Waals surface area contributed by atoms with Gasteiger partial charge in [-0.2, -0.15) is 0 Å². The van der Waals surface area contributed by atoms with Gasteiger partial charge in [0.1, 0.15) is 0 Å². The van der Waals surface area contributed by atoms with Crippen LogP contribution in [0.25, 0.3) is 0 Å². The van der Waals surface area contributed by atoms with Gasteiger partial charge in [-0.3, -0.25) is 9.69 Å². The first-order valence-electron chi connectivity index (χ1n) is 6.35. The first-order valence-corrected chi connectivity index (χ1v) is 7.27. The highest BCUT2D eigenvalue weighted by atomic mass is 79.9.